The van der Waals surface area contributed by atoms with Gasteiger partial charge in [-0.2, -0.15) is 0 Å². The van der Waals surface area contributed by atoms with Gasteiger partial charge >= 0.3 is 0 Å². The van der Waals surface area contributed by atoms with Crippen molar-refractivity contribution < 1.29 is 9.59 Å². The molecule has 0 aliphatic rings. The van der Waals surface area contributed by atoms with Crippen molar-refractivity contribution in [1.82, 2.24) is 10.2 Å². The van der Waals surface area contributed by atoms with Gasteiger partial charge in [-0.25, -0.2) is 0 Å². The van der Waals surface area contributed by atoms with Gasteiger partial charge in [0.2, 0.25) is 11.8 Å². The second-order valence-electron chi connectivity index (χ2n) is 8.61. The molecule has 0 fully saturated rings. The summed E-state index contributed by atoms with van der Waals surface area (Å²) in [5.74, 6) is 0.0402. The van der Waals surface area contributed by atoms with E-state index in [1.165, 1.54) is 0 Å². The highest BCUT2D eigenvalue weighted by Gasteiger charge is 2.36. The van der Waals surface area contributed by atoms with Gasteiger partial charge in [-0.15, -0.1) is 0 Å². The van der Waals surface area contributed by atoms with Crippen molar-refractivity contribution in [2.24, 2.45) is 5.41 Å². The Morgan fingerprint density at radius 1 is 1.00 bits per heavy atom. The topological polar surface area (TPSA) is 61.4 Å². The summed E-state index contributed by atoms with van der Waals surface area (Å²) in [5, 5.41) is 5.96. The third-order valence-electron chi connectivity index (χ3n) is 4.81. The third-order valence-corrected chi connectivity index (χ3v) is 4.81. The SMILES string of the molecule is CC(C)c1cccc(C(C)C)c1NC(=O)C(C)(C)C(=O)NCCCN(C)C. The Hall–Kier alpha value is -1.88. The first-order valence-corrected chi connectivity index (χ1v) is 9.85. The lowest BCUT2D eigenvalue weighted by molar-refractivity contribution is -0.138. The molecule has 0 bridgehead atoms. The molecule has 0 spiro atoms. The molecule has 0 saturated carbocycles. The van der Waals surface area contributed by atoms with Crippen LogP contribution in [0.1, 0.15) is 70.9 Å². The molecule has 0 aromatic heterocycles. The van der Waals surface area contributed by atoms with Gasteiger partial charge in [0, 0.05) is 12.2 Å². The van der Waals surface area contributed by atoms with Crippen LogP contribution in [0.25, 0.3) is 0 Å². The van der Waals surface area contributed by atoms with E-state index < -0.39 is 5.41 Å². The molecule has 2 amide bonds. The van der Waals surface area contributed by atoms with E-state index in [1.807, 2.05) is 32.3 Å². The molecule has 2 N–H and O–H groups in total. The van der Waals surface area contributed by atoms with Crippen LogP contribution < -0.4 is 10.6 Å². The molecule has 0 unspecified atom stereocenters. The Morgan fingerprint density at radius 3 is 1.96 bits per heavy atom. The summed E-state index contributed by atoms with van der Waals surface area (Å²) >= 11 is 0. The zero-order valence-electron chi connectivity index (χ0n) is 18.3. The van der Waals surface area contributed by atoms with Crippen molar-refractivity contribution in [3.8, 4) is 0 Å². The molecule has 152 valence electrons. The van der Waals surface area contributed by atoms with Crippen molar-refractivity contribution in [3.63, 3.8) is 0 Å². The van der Waals surface area contributed by atoms with Crippen LogP contribution in [-0.2, 0) is 9.59 Å². The minimum Gasteiger partial charge on any atom is -0.355 e. The van der Waals surface area contributed by atoms with E-state index in [-0.39, 0.29) is 23.7 Å². The van der Waals surface area contributed by atoms with Crippen molar-refractivity contribution in [3.05, 3.63) is 29.3 Å². The summed E-state index contributed by atoms with van der Waals surface area (Å²) in [7, 11) is 4.00. The quantitative estimate of drug-likeness (QED) is 0.507. The molecule has 0 heterocycles. The Kier molecular flexibility index (Phi) is 8.48. The Bertz CT molecular complexity index is 623. The largest absolute Gasteiger partial charge is 0.355 e. The zero-order chi connectivity index (χ0) is 20.8. The van der Waals surface area contributed by atoms with Crippen LogP contribution in [0, 0.1) is 5.41 Å². The fourth-order valence-corrected chi connectivity index (χ4v) is 2.89. The first-order valence-electron chi connectivity index (χ1n) is 9.85. The van der Waals surface area contributed by atoms with Gasteiger partial charge in [0.1, 0.15) is 5.41 Å². The highest BCUT2D eigenvalue weighted by Crippen LogP contribution is 2.33. The fourth-order valence-electron chi connectivity index (χ4n) is 2.89. The molecule has 5 nitrogen and oxygen atoms in total. The van der Waals surface area contributed by atoms with Crippen molar-refractivity contribution in [2.75, 3.05) is 32.5 Å². The summed E-state index contributed by atoms with van der Waals surface area (Å²) < 4.78 is 0. The molecule has 0 radical (unpaired) electrons. The molecule has 0 aliphatic carbocycles. The number of para-hydroxylation sites is 1. The van der Waals surface area contributed by atoms with Crippen molar-refractivity contribution in [2.45, 2.75) is 59.8 Å². The predicted molar refractivity (Wildman–Crippen MR) is 113 cm³/mol. The maximum atomic E-state index is 13.0. The molecular formula is C22H37N3O2. The van der Waals surface area contributed by atoms with Gasteiger partial charge in [0.05, 0.1) is 0 Å². The smallest absolute Gasteiger partial charge is 0.239 e. The number of nitrogens with one attached hydrogen (secondary N) is 2. The number of nitrogens with zero attached hydrogens (tertiary/aromatic N) is 1. The van der Waals surface area contributed by atoms with Crippen molar-refractivity contribution >= 4 is 17.5 Å². The molecule has 1 aromatic carbocycles. The minimum absolute atomic E-state index is 0.244. The Balaban J connectivity index is 2.95. The van der Waals surface area contributed by atoms with Gasteiger partial charge in [-0.1, -0.05) is 45.9 Å². The van der Waals surface area contributed by atoms with Crippen LogP contribution in [0.3, 0.4) is 0 Å². The summed E-state index contributed by atoms with van der Waals surface area (Å²) in [6.45, 7) is 13.2. The number of hydrogen-bond donors (Lipinski definition) is 2. The monoisotopic (exact) mass is 375 g/mol. The number of rotatable bonds is 9. The third kappa shape index (κ3) is 6.35. The lowest BCUT2D eigenvalue weighted by Gasteiger charge is -2.26. The van der Waals surface area contributed by atoms with Crippen molar-refractivity contribution in [1.29, 1.82) is 0 Å². The van der Waals surface area contributed by atoms with E-state index in [4.69, 9.17) is 0 Å². The highest BCUT2D eigenvalue weighted by molar-refractivity contribution is 6.10. The first kappa shape index (κ1) is 23.2. The van der Waals surface area contributed by atoms with Gasteiger partial charge in [0.15, 0.2) is 0 Å². The van der Waals surface area contributed by atoms with Gasteiger partial charge in [-0.3, -0.25) is 9.59 Å². The average molecular weight is 376 g/mol. The maximum absolute atomic E-state index is 13.0. The highest BCUT2D eigenvalue weighted by atomic mass is 16.2. The summed E-state index contributed by atoms with van der Waals surface area (Å²) in [5.41, 5.74) is 1.89. The van der Waals surface area contributed by atoms with Crippen LogP contribution in [0.5, 0.6) is 0 Å². The number of benzene rings is 1. The fraction of sp³-hybridized carbons (Fsp3) is 0.636. The van der Waals surface area contributed by atoms with Crippen LogP contribution >= 0.6 is 0 Å². The van der Waals surface area contributed by atoms with E-state index >= 15 is 0 Å². The number of hydrogen-bond acceptors (Lipinski definition) is 3. The molecule has 5 heteroatoms. The molecule has 0 atom stereocenters. The maximum Gasteiger partial charge on any atom is 0.239 e. The normalized spacial score (nSPS) is 12.0. The molecular weight excluding hydrogens is 338 g/mol. The number of carbonyl (C=O) groups excluding carboxylic acids is 2. The molecule has 27 heavy (non-hydrogen) atoms. The lowest BCUT2D eigenvalue weighted by atomic mass is 9.88. The van der Waals surface area contributed by atoms with E-state index in [9.17, 15) is 9.59 Å². The second-order valence-corrected chi connectivity index (χ2v) is 8.61. The standard InChI is InChI=1S/C22H37N3O2/c1-15(2)17-11-9-12-18(16(3)4)19(17)24-21(27)22(5,6)20(26)23-13-10-14-25(7)8/h9,11-12,15-16H,10,13-14H2,1-8H3,(H,23,26)(H,24,27). The summed E-state index contributed by atoms with van der Waals surface area (Å²) in [6, 6.07) is 6.11. The second kappa shape index (κ2) is 9.88. The summed E-state index contributed by atoms with van der Waals surface area (Å²) in [4.78, 5) is 27.6. The van der Waals surface area contributed by atoms with Gasteiger partial charge in [0.25, 0.3) is 0 Å². The molecule has 0 saturated heterocycles. The van der Waals surface area contributed by atoms with Gasteiger partial charge in [-0.05, 0) is 63.9 Å². The van der Waals surface area contributed by atoms with Crippen LogP contribution in [0.2, 0.25) is 0 Å². The first-order chi connectivity index (χ1) is 12.5. The lowest BCUT2D eigenvalue weighted by Crippen LogP contribution is -2.45. The zero-order valence-corrected chi connectivity index (χ0v) is 18.3. The van der Waals surface area contributed by atoms with Gasteiger partial charge < -0.3 is 15.5 Å². The van der Waals surface area contributed by atoms with E-state index in [1.54, 1.807) is 13.8 Å². The average Bonchev–Trinajstić information content (AvgIpc) is 2.57. The van der Waals surface area contributed by atoms with Crippen LogP contribution in [0.15, 0.2) is 18.2 Å². The van der Waals surface area contributed by atoms with Crippen LogP contribution in [-0.4, -0.2) is 43.9 Å². The number of amides is 2. The number of anilines is 1. The van der Waals surface area contributed by atoms with E-state index in [0.29, 0.717) is 6.54 Å². The molecule has 0 aliphatic heterocycles. The summed E-state index contributed by atoms with van der Waals surface area (Å²) in [6.07, 6.45) is 0.851. The Labute approximate surface area is 164 Å². The van der Waals surface area contributed by atoms with E-state index in [2.05, 4.69) is 43.2 Å². The Morgan fingerprint density at radius 2 is 1.52 bits per heavy atom. The molecule has 1 aromatic rings. The minimum atomic E-state index is -1.14. The number of carbonyl (C=O) groups is 2. The van der Waals surface area contributed by atoms with Crippen LogP contribution in [0.4, 0.5) is 5.69 Å². The van der Waals surface area contributed by atoms with E-state index in [0.717, 1.165) is 29.8 Å². The molecule has 1 rings (SSSR count). The predicted octanol–water partition coefficient (Wildman–Crippen LogP) is 3.97.